The number of halogens is 3. The van der Waals surface area contributed by atoms with Crippen molar-refractivity contribution < 1.29 is 29.0 Å². The Morgan fingerprint density at radius 2 is 1.43 bits per heavy atom. The van der Waals surface area contributed by atoms with Crippen LogP contribution in [0.15, 0.2) is 15.0 Å². The number of nitrogens with zero attached hydrogens (tertiary/aromatic N) is 1. The number of hydrogen-bond acceptors (Lipinski definition) is 5. The monoisotopic (exact) mass is 585 g/mol. The second kappa shape index (κ2) is 9.13. The molecule has 1 aromatic carbocycles. The van der Waals surface area contributed by atoms with Gasteiger partial charge in [-0.2, -0.15) is 4.90 Å². The Morgan fingerprint density at radius 3 is 1.75 bits per heavy atom. The molecule has 1 rings (SSSR count). The summed E-state index contributed by atoms with van der Waals surface area (Å²) < 4.78 is 11.4. The summed E-state index contributed by atoms with van der Waals surface area (Å²) in [6.45, 7) is 9.81. The minimum Gasteiger partial charge on any atom is -0.478 e. The normalized spacial score (nSPS) is 11.8. The highest BCUT2D eigenvalue weighted by atomic mass is 79.9. The molecule has 0 saturated heterocycles. The molecule has 0 fully saturated rings. The Kier molecular flexibility index (Phi) is 8.12. The SMILES string of the molecule is CC(C)(C)OC(=O)N(C(=O)OC(C)(C)C)c1c(C(=O)O)cc(Br)c(CBr)c1Br. The van der Waals surface area contributed by atoms with Crippen LogP contribution in [-0.4, -0.2) is 34.5 Å². The Hall–Kier alpha value is -1.13. The lowest BCUT2D eigenvalue weighted by molar-refractivity contribution is 0.0430. The molecule has 1 aromatic rings. The molecule has 0 unspecified atom stereocenters. The smallest absolute Gasteiger partial charge is 0.424 e. The van der Waals surface area contributed by atoms with Crippen molar-refractivity contribution in [1.82, 2.24) is 0 Å². The number of carbonyl (C=O) groups is 3. The molecule has 0 aliphatic heterocycles. The fraction of sp³-hybridized carbons (Fsp3) is 0.500. The molecule has 28 heavy (non-hydrogen) atoms. The van der Waals surface area contributed by atoms with Gasteiger partial charge in [0.15, 0.2) is 0 Å². The van der Waals surface area contributed by atoms with E-state index in [1.165, 1.54) is 6.07 Å². The van der Waals surface area contributed by atoms with Gasteiger partial charge in [0.25, 0.3) is 0 Å². The first-order chi connectivity index (χ1) is 12.6. The molecule has 2 amide bonds. The Morgan fingerprint density at radius 1 is 1.00 bits per heavy atom. The lowest BCUT2D eigenvalue weighted by atomic mass is 10.1. The standard InChI is InChI=1S/C18H22Br3NO6/c1-17(2,3)27-15(25)22(16(26)28-18(4,5)6)13-9(14(23)24)7-11(20)10(8-19)12(13)21/h7H,8H2,1-6H3,(H,23,24). The Bertz CT molecular complexity index is 768. The minimum atomic E-state index is -1.32. The van der Waals surface area contributed by atoms with Gasteiger partial charge in [0.05, 0.1) is 11.3 Å². The Balaban J connectivity index is 3.76. The molecule has 1 N–H and O–H groups in total. The van der Waals surface area contributed by atoms with E-state index in [0.29, 0.717) is 20.3 Å². The van der Waals surface area contributed by atoms with E-state index in [9.17, 15) is 19.5 Å². The molecule has 0 heterocycles. The van der Waals surface area contributed by atoms with Crippen molar-refractivity contribution >= 4 is 71.6 Å². The van der Waals surface area contributed by atoms with Crippen LogP contribution in [0.1, 0.15) is 57.5 Å². The topological polar surface area (TPSA) is 93.1 Å². The number of amides is 2. The number of anilines is 1. The van der Waals surface area contributed by atoms with Gasteiger partial charge in [-0.15, -0.1) is 0 Å². The summed E-state index contributed by atoms with van der Waals surface area (Å²) in [6, 6.07) is 1.32. The summed E-state index contributed by atoms with van der Waals surface area (Å²) in [5.41, 5.74) is -1.67. The molecule has 0 atom stereocenters. The number of aromatic carboxylic acids is 1. The predicted molar refractivity (Wildman–Crippen MR) is 116 cm³/mol. The van der Waals surface area contributed by atoms with Gasteiger partial charge in [0.2, 0.25) is 0 Å². The van der Waals surface area contributed by atoms with E-state index in [4.69, 9.17) is 9.47 Å². The van der Waals surface area contributed by atoms with Gasteiger partial charge in [-0.1, -0.05) is 31.9 Å². The van der Waals surface area contributed by atoms with Crippen LogP contribution in [0.25, 0.3) is 0 Å². The van der Waals surface area contributed by atoms with Crippen molar-refractivity contribution in [3.05, 3.63) is 26.1 Å². The molecular weight excluding hydrogens is 566 g/mol. The van der Waals surface area contributed by atoms with Gasteiger partial charge in [0.1, 0.15) is 11.2 Å². The van der Waals surface area contributed by atoms with Crippen molar-refractivity contribution in [1.29, 1.82) is 0 Å². The van der Waals surface area contributed by atoms with Crippen LogP contribution in [0, 0.1) is 0 Å². The molecular formula is C18H22Br3NO6. The van der Waals surface area contributed by atoms with E-state index in [-0.39, 0.29) is 15.7 Å². The first-order valence-corrected chi connectivity index (χ1v) is 10.9. The highest BCUT2D eigenvalue weighted by molar-refractivity contribution is 9.11. The summed E-state index contributed by atoms with van der Waals surface area (Å²) in [7, 11) is 0. The third-order valence-corrected chi connectivity index (χ3v) is 5.15. The summed E-state index contributed by atoms with van der Waals surface area (Å²) in [4.78, 5) is 38.2. The average Bonchev–Trinajstić information content (AvgIpc) is 2.46. The molecule has 7 nitrogen and oxygen atoms in total. The molecule has 0 bridgehead atoms. The number of ether oxygens (including phenoxy) is 2. The van der Waals surface area contributed by atoms with Crippen LogP contribution in [0.2, 0.25) is 0 Å². The number of imide groups is 1. The molecule has 0 aliphatic rings. The van der Waals surface area contributed by atoms with Gasteiger partial charge < -0.3 is 14.6 Å². The zero-order valence-corrected chi connectivity index (χ0v) is 21.1. The number of carboxylic acid groups (broad SMARTS) is 1. The van der Waals surface area contributed by atoms with Gasteiger partial charge in [-0.3, -0.25) is 0 Å². The largest absolute Gasteiger partial charge is 0.478 e. The number of alkyl halides is 1. The van der Waals surface area contributed by atoms with Gasteiger partial charge in [-0.05, 0) is 69.1 Å². The maximum absolute atomic E-state index is 12.9. The van der Waals surface area contributed by atoms with E-state index in [1.807, 2.05) is 0 Å². The van der Waals surface area contributed by atoms with Gasteiger partial charge >= 0.3 is 18.2 Å². The summed E-state index contributed by atoms with van der Waals surface area (Å²) in [6.07, 6.45) is -2.10. The van der Waals surface area contributed by atoms with Crippen LogP contribution < -0.4 is 4.90 Å². The fourth-order valence-corrected chi connectivity index (χ4v) is 4.94. The number of carbonyl (C=O) groups excluding carboxylic acids is 2. The average molecular weight is 588 g/mol. The van der Waals surface area contributed by atoms with Crippen molar-refractivity contribution in [2.45, 2.75) is 58.1 Å². The number of hydrogen-bond donors (Lipinski definition) is 1. The second-order valence-corrected chi connectivity index (χ2v) is 9.99. The third kappa shape index (κ3) is 6.45. The maximum Gasteiger partial charge on any atom is 0.424 e. The molecule has 0 aromatic heterocycles. The van der Waals surface area contributed by atoms with E-state index < -0.39 is 29.4 Å². The highest BCUT2D eigenvalue weighted by Gasteiger charge is 2.37. The van der Waals surface area contributed by atoms with Crippen LogP contribution >= 0.6 is 47.8 Å². The summed E-state index contributed by atoms with van der Waals surface area (Å²) in [5, 5.41) is 10.0. The molecule has 0 radical (unpaired) electrons. The minimum absolute atomic E-state index is 0.173. The highest BCUT2D eigenvalue weighted by Crippen LogP contribution is 2.40. The van der Waals surface area contributed by atoms with Crippen LogP contribution in [0.3, 0.4) is 0 Å². The van der Waals surface area contributed by atoms with Crippen molar-refractivity contribution in [2.75, 3.05) is 4.90 Å². The van der Waals surface area contributed by atoms with Crippen LogP contribution in [0.5, 0.6) is 0 Å². The van der Waals surface area contributed by atoms with E-state index in [0.717, 1.165) is 0 Å². The summed E-state index contributed by atoms with van der Waals surface area (Å²) >= 11 is 9.95. The lowest BCUT2D eigenvalue weighted by Crippen LogP contribution is -2.44. The first-order valence-electron chi connectivity index (χ1n) is 8.15. The number of carboxylic acids is 1. The summed E-state index contributed by atoms with van der Waals surface area (Å²) in [5.74, 6) is -1.32. The second-order valence-electron chi connectivity index (χ2n) is 7.78. The number of benzene rings is 1. The van der Waals surface area contributed by atoms with Crippen LogP contribution in [0.4, 0.5) is 15.3 Å². The first kappa shape index (κ1) is 24.9. The third-order valence-electron chi connectivity index (χ3n) is 3.03. The quantitative estimate of drug-likeness (QED) is 0.407. The lowest BCUT2D eigenvalue weighted by Gasteiger charge is -2.30. The molecule has 10 heteroatoms. The van der Waals surface area contributed by atoms with E-state index >= 15 is 0 Å². The molecule has 156 valence electrons. The Labute approximate surface area is 189 Å². The molecule has 0 spiro atoms. The van der Waals surface area contributed by atoms with Crippen LogP contribution in [-0.2, 0) is 14.8 Å². The molecule has 0 aliphatic carbocycles. The van der Waals surface area contributed by atoms with Crippen molar-refractivity contribution in [2.24, 2.45) is 0 Å². The van der Waals surface area contributed by atoms with Crippen molar-refractivity contribution in [3.63, 3.8) is 0 Å². The molecule has 0 saturated carbocycles. The zero-order valence-electron chi connectivity index (χ0n) is 16.4. The van der Waals surface area contributed by atoms with Crippen molar-refractivity contribution in [3.8, 4) is 0 Å². The maximum atomic E-state index is 12.9. The van der Waals surface area contributed by atoms with E-state index in [1.54, 1.807) is 41.5 Å². The van der Waals surface area contributed by atoms with E-state index in [2.05, 4.69) is 47.8 Å². The zero-order chi connectivity index (χ0) is 22.0. The fourth-order valence-electron chi connectivity index (χ4n) is 2.02. The van der Waals surface area contributed by atoms with Gasteiger partial charge in [-0.25, -0.2) is 14.4 Å². The number of rotatable bonds is 3. The predicted octanol–water partition coefficient (Wildman–Crippen LogP) is 6.48. The van der Waals surface area contributed by atoms with Gasteiger partial charge in [0, 0.05) is 14.3 Å².